The fourth-order valence-corrected chi connectivity index (χ4v) is 7.43. The van der Waals surface area contributed by atoms with Crippen molar-refractivity contribution in [3.8, 4) is 0 Å². The summed E-state index contributed by atoms with van der Waals surface area (Å²) in [5.41, 5.74) is 0. The average Bonchev–Trinajstić information content (AvgIpc) is 3.21. The molecule has 5 heterocycles. The van der Waals surface area contributed by atoms with Gasteiger partial charge < -0.3 is 130 Å². The van der Waals surface area contributed by atoms with E-state index in [9.17, 15) is 86.5 Å². The summed E-state index contributed by atoms with van der Waals surface area (Å²) in [5, 5.41) is 169. The standard InChI is InChI=1S/C32H55NO26/c1-7(39)33-13-26(58-30-21(47)17(43)14(40)8(2-34)53-30)15(41)9(3-35)52-29(13)59-27-16(42)10(4-36)54-32(23(27)49)57-25-12(6-38)55-31(22(48)19(25)45)56-24-11(5-37)51-28(50)20(46)18(24)44/h8-32,34-38,40-50H,2-6H2,1H3,(H,33,39)/t8-,9-,10-,11-,12-,13-,14+,15+,16+,17+,18-,19-,20-,21-,22-,23-,24-,25+,26-,27+,28-,29+,30-,31+,32-/m1/s1. The molecule has 5 saturated heterocycles. The predicted octanol–water partition coefficient (Wildman–Crippen LogP) is -11.8. The molecule has 0 bridgehead atoms. The lowest BCUT2D eigenvalue weighted by Crippen LogP contribution is -2.70. The topological polar surface area (TPSA) is 436 Å². The Morgan fingerprint density at radius 2 is 0.780 bits per heavy atom. The van der Waals surface area contributed by atoms with E-state index in [0.29, 0.717) is 0 Å². The smallest absolute Gasteiger partial charge is 0.217 e. The van der Waals surface area contributed by atoms with E-state index in [2.05, 4.69) is 5.32 Å². The van der Waals surface area contributed by atoms with Crippen molar-refractivity contribution in [3.05, 3.63) is 0 Å². The number of aliphatic hydroxyl groups excluding tert-OH is 16. The Labute approximate surface area is 333 Å². The fraction of sp³-hybridized carbons (Fsp3) is 0.969. The molecule has 25 atom stereocenters. The van der Waals surface area contributed by atoms with Gasteiger partial charge in [-0.1, -0.05) is 0 Å². The molecule has 27 heteroatoms. The van der Waals surface area contributed by atoms with Crippen LogP contribution in [0.3, 0.4) is 0 Å². The Balaban J connectivity index is 1.35. The minimum Gasteiger partial charge on any atom is -0.394 e. The van der Waals surface area contributed by atoms with Crippen LogP contribution in [0.4, 0.5) is 0 Å². The van der Waals surface area contributed by atoms with Gasteiger partial charge in [-0.15, -0.1) is 0 Å². The zero-order valence-electron chi connectivity index (χ0n) is 31.2. The third-order valence-corrected chi connectivity index (χ3v) is 10.7. The first-order valence-corrected chi connectivity index (χ1v) is 18.6. The number of rotatable bonds is 14. The second-order valence-electron chi connectivity index (χ2n) is 14.7. The van der Waals surface area contributed by atoms with Crippen molar-refractivity contribution in [2.24, 2.45) is 0 Å². The molecule has 59 heavy (non-hydrogen) atoms. The fourth-order valence-electron chi connectivity index (χ4n) is 7.43. The van der Waals surface area contributed by atoms with Crippen molar-refractivity contribution < 1.29 is 129 Å². The van der Waals surface area contributed by atoms with Gasteiger partial charge in [0.25, 0.3) is 0 Å². The van der Waals surface area contributed by atoms with Crippen LogP contribution in [0.15, 0.2) is 0 Å². The lowest BCUT2D eigenvalue weighted by molar-refractivity contribution is -0.388. The molecule has 5 rings (SSSR count). The first-order valence-electron chi connectivity index (χ1n) is 18.6. The molecule has 0 aromatic rings. The highest BCUT2D eigenvalue weighted by atomic mass is 16.8. The zero-order valence-corrected chi connectivity index (χ0v) is 31.2. The van der Waals surface area contributed by atoms with Crippen molar-refractivity contribution in [1.29, 1.82) is 0 Å². The number of carbonyl (C=O) groups excluding carboxylic acids is 1. The Bertz CT molecular complexity index is 1320. The molecule has 17 N–H and O–H groups in total. The lowest BCUT2D eigenvalue weighted by Gasteiger charge is -2.50. The quantitative estimate of drug-likeness (QED) is 0.0770. The second-order valence-corrected chi connectivity index (χ2v) is 14.7. The van der Waals surface area contributed by atoms with Crippen LogP contribution in [0, 0.1) is 0 Å². The van der Waals surface area contributed by atoms with Gasteiger partial charge in [-0.3, -0.25) is 4.79 Å². The van der Waals surface area contributed by atoms with E-state index >= 15 is 0 Å². The minimum atomic E-state index is -2.15. The van der Waals surface area contributed by atoms with E-state index < -0.39 is 192 Å². The first kappa shape index (κ1) is 48.5. The molecule has 27 nitrogen and oxygen atoms in total. The van der Waals surface area contributed by atoms with Gasteiger partial charge in [0.15, 0.2) is 31.5 Å². The summed E-state index contributed by atoms with van der Waals surface area (Å²) in [6.07, 6.45) is -44.4. The number of nitrogens with one attached hydrogen (secondary N) is 1. The van der Waals surface area contributed by atoms with Gasteiger partial charge >= 0.3 is 0 Å². The van der Waals surface area contributed by atoms with Crippen molar-refractivity contribution in [2.45, 2.75) is 160 Å². The highest BCUT2D eigenvalue weighted by Crippen LogP contribution is 2.35. The third-order valence-electron chi connectivity index (χ3n) is 10.7. The van der Waals surface area contributed by atoms with Crippen LogP contribution in [0.2, 0.25) is 0 Å². The number of amides is 1. The maximum atomic E-state index is 12.4. The molecule has 5 aliphatic rings. The van der Waals surface area contributed by atoms with Crippen molar-refractivity contribution in [2.75, 3.05) is 33.0 Å². The number of aliphatic hydroxyl groups is 16. The van der Waals surface area contributed by atoms with Crippen LogP contribution < -0.4 is 5.32 Å². The van der Waals surface area contributed by atoms with Gasteiger partial charge in [0, 0.05) is 6.92 Å². The van der Waals surface area contributed by atoms with Gasteiger partial charge in [0.05, 0.1) is 33.0 Å². The largest absolute Gasteiger partial charge is 0.394 e. The van der Waals surface area contributed by atoms with E-state index in [0.717, 1.165) is 6.92 Å². The zero-order chi connectivity index (χ0) is 43.6. The highest BCUT2D eigenvalue weighted by molar-refractivity contribution is 5.73. The molecule has 0 aromatic heterocycles. The third kappa shape index (κ3) is 10.2. The van der Waals surface area contributed by atoms with Crippen LogP contribution in [0.25, 0.3) is 0 Å². The van der Waals surface area contributed by atoms with Crippen LogP contribution in [0.5, 0.6) is 0 Å². The Hall–Kier alpha value is -1.53. The second kappa shape index (κ2) is 20.8. The number of hydrogen-bond donors (Lipinski definition) is 17. The van der Waals surface area contributed by atoms with Crippen LogP contribution in [-0.4, -0.2) is 274 Å². The van der Waals surface area contributed by atoms with Crippen LogP contribution in [0.1, 0.15) is 6.92 Å². The van der Waals surface area contributed by atoms with Crippen LogP contribution >= 0.6 is 0 Å². The van der Waals surface area contributed by atoms with Crippen molar-refractivity contribution in [1.82, 2.24) is 5.32 Å². The van der Waals surface area contributed by atoms with Gasteiger partial charge in [-0.2, -0.15) is 0 Å². The summed E-state index contributed by atoms with van der Waals surface area (Å²) in [6, 6.07) is -1.67. The molecule has 1 amide bonds. The van der Waals surface area contributed by atoms with Crippen molar-refractivity contribution in [3.63, 3.8) is 0 Å². The molecule has 0 aromatic carbocycles. The molecular weight excluding hydrogens is 814 g/mol. The molecule has 0 aliphatic carbocycles. The van der Waals surface area contributed by atoms with Gasteiger partial charge in [0.2, 0.25) is 5.91 Å². The molecule has 0 unspecified atom stereocenters. The first-order chi connectivity index (χ1) is 27.9. The Morgan fingerprint density at radius 3 is 1.29 bits per heavy atom. The molecule has 344 valence electrons. The summed E-state index contributed by atoms with van der Waals surface area (Å²) < 4.78 is 50.1. The molecule has 0 saturated carbocycles. The molecule has 0 spiro atoms. The summed E-state index contributed by atoms with van der Waals surface area (Å²) in [6.45, 7) is -3.58. The van der Waals surface area contributed by atoms with Gasteiger partial charge in [-0.25, -0.2) is 0 Å². The average molecular weight is 870 g/mol. The van der Waals surface area contributed by atoms with E-state index in [1.165, 1.54) is 0 Å². The number of carbonyl (C=O) groups is 1. The summed E-state index contributed by atoms with van der Waals surface area (Å²) in [5.74, 6) is -0.805. The maximum absolute atomic E-state index is 12.4. The normalized spacial score (nSPS) is 51.0. The van der Waals surface area contributed by atoms with Gasteiger partial charge in [-0.05, 0) is 0 Å². The minimum absolute atomic E-state index is 0.805. The predicted molar refractivity (Wildman–Crippen MR) is 178 cm³/mol. The summed E-state index contributed by atoms with van der Waals surface area (Å²) in [4.78, 5) is 12.4. The SMILES string of the molecule is CC(=O)N[C@H]1[C@H](O[C@H]2[C@@H](O)[C@@H](CO)O[C@H](O[C@@H]3[C@H](O)[C@@H](O)[C@H](O[C@H]4[C@H](O)[C@@H](O)[C@H](O)O[C@@H]4CO)O[C@@H]3CO)[C@@H]2O)O[C@H](CO)[C@H](O)[C@@H]1O[C@H]1O[C@H](CO)[C@H](O)[C@H](O)[C@H]1O. The van der Waals surface area contributed by atoms with E-state index in [1.54, 1.807) is 0 Å². The lowest BCUT2D eigenvalue weighted by atomic mass is 9.94. The number of ether oxygens (including phenoxy) is 9. The van der Waals surface area contributed by atoms with Crippen LogP contribution in [-0.2, 0) is 47.4 Å². The number of hydrogen-bond acceptors (Lipinski definition) is 26. The Kier molecular flexibility index (Phi) is 17.1. The molecule has 0 radical (unpaired) electrons. The van der Waals surface area contributed by atoms with E-state index in [4.69, 9.17) is 42.6 Å². The van der Waals surface area contributed by atoms with E-state index in [1.807, 2.05) is 0 Å². The Morgan fingerprint density at radius 1 is 0.407 bits per heavy atom. The monoisotopic (exact) mass is 869 g/mol. The van der Waals surface area contributed by atoms with Crippen molar-refractivity contribution >= 4 is 5.91 Å². The highest BCUT2D eigenvalue weighted by Gasteiger charge is 2.57. The summed E-state index contributed by atoms with van der Waals surface area (Å²) in [7, 11) is 0. The molecule has 5 fully saturated rings. The van der Waals surface area contributed by atoms with Gasteiger partial charge in [0.1, 0.15) is 122 Å². The molecule has 5 aliphatic heterocycles. The maximum Gasteiger partial charge on any atom is 0.217 e. The molecular formula is C32H55NO26. The van der Waals surface area contributed by atoms with E-state index in [-0.39, 0.29) is 0 Å². The summed E-state index contributed by atoms with van der Waals surface area (Å²) >= 11 is 0.